The average molecular weight is 238 g/mol. The highest BCUT2D eigenvalue weighted by molar-refractivity contribution is 5.75. The van der Waals surface area contributed by atoms with Crippen molar-refractivity contribution < 1.29 is 14.6 Å². The van der Waals surface area contributed by atoms with Gasteiger partial charge in [-0.25, -0.2) is 5.84 Å². The molecule has 0 saturated carbocycles. The Morgan fingerprint density at radius 1 is 1.47 bits per heavy atom. The molecule has 5 heteroatoms. The Kier molecular flexibility index (Phi) is 5.45. The van der Waals surface area contributed by atoms with Crippen molar-refractivity contribution in [2.24, 2.45) is 5.84 Å². The second-order valence-corrected chi connectivity index (χ2v) is 3.62. The summed E-state index contributed by atoms with van der Waals surface area (Å²) in [5.74, 6) is 5.44. The number of aliphatic hydroxyl groups is 1. The Labute approximate surface area is 101 Å². The summed E-state index contributed by atoms with van der Waals surface area (Å²) in [5.41, 5.74) is 2.79. The number of amides is 1. The zero-order valence-electron chi connectivity index (χ0n) is 9.85. The van der Waals surface area contributed by atoms with Gasteiger partial charge < -0.3 is 9.84 Å². The van der Waals surface area contributed by atoms with Gasteiger partial charge in [0, 0.05) is 6.42 Å². The normalized spacial score (nSPS) is 11.9. The van der Waals surface area contributed by atoms with Crippen LogP contribution in [0.25, 0.3) is 0 Å². The van der Waals surface area contributed by atoms with Crippen molar-refractivity contribution in [3.63, 3.8) is 0 Å². The van der Waals surface area contributed by atoms with Gasteiger partial charge in [-0.15, -0.1) is 0 Å². The van der Waals surface area contributed by atoms with E-state index in [4.69, 9.17) is 10.6 Å². The summed E-state index contributed by atoms with van der Waals surface area (Å²) >= 11 is 0. The standard InChI is InChI=1S/C12H18N2O3/c1-2-17-10-5-3-9(4-6-10)11(15)7-8-12(16)14-13/h3-6,11,15H,2,7-8,13H2,1H3,(H,14,16)/t11-/m0/s1. The van der Waals surface area contributed by atoms with Crippen LogP contribution in [0.2, 0.25) is 0 Å². The Hall–Kier alpha value is -1.59. The van der Waals surface area contributed by atoms with Crippen molar-refractivity contribution in [1.82, 2.24) is 5.43 Å². The van der Waals surface area contributed by atoms with Crippen LogP contribution in [0.15, 0.2) is 24.3 Å². The number of aliphatic hydroxyl groups excluding tert-OH is 1. The van der Waals surface area contributed by atoms with Crippen molar-refractivity contribution >= 4 is 5.91 Å². The zero-order chi connectivity index (χ0) is 12.7. The fourth-order valence-corrected chi connectivity index (χ4v) is 1.46. The molecule has 1 rings (SSSR count). The van der Waals surface area contributed by atoms with Crippen LogP contribution in [-0.4, -0.2) is 17.6 Å². The first-order valence-corrected chi connectivity index (χ1v) is 5.57. The molecule has 1 atom stereocenters. The van der Waals surface area contributed by atoms with E-state index in [1.807, 2.05) is 12.3 Å². The number of nitrogens with one attached hydrogen (secondary N) is 1. The van der Waals surface area contributed by atoms with Crippen LogP contribution in [0, 0.1) is 0 Å². The zero-order valence-corrected chi connectivity index (χ0v) is 9.85. The molecule has 0 aromatic heterocycles. The molecule has 1 amide bonds. The lowest BCUT2D eigenvalue weighted by Crippen LogP contribution is -2.30. The third-order valence-electron chi connectivity index (χ3n) is 2.38. The van der Waals surface area contributed by atoms with Crippen LogP contribution in [0.3, 0.4) is 0 Å². The number of hydrazine groups is 1. The molecule has 0 bridgehead atoms. The van der Waals surface area contributed by atoms with E-state index in [1.165, 1.54) is 0 Å². The molecule has 0 heterocycles. The molecule has 4 N–H and O–H groups in total. The minimum atomic E-state index is -0.664. The molecule has 0 spiro atoms. The van der Waals surface area contributed by atoms with Crippen LogP contribution in [0.4, 0.5) is 0 Å². The number of carbonyl (C=O) groups excluding carboxylic acids is 1. The molecule has 1 aromatic carbocycles. The lowest BCUT2D eigenvalue weighted by molar-refractivity contribution is -0.121. The Bertz CT molecular complexity index is 351. The number of rotatable bonds is 6. The third kappa shape index (κ3) is 4.42. The SMILES string of the molecule is CCOc1ccc([C@@H](O)CCC(=O)NN)cc1. The van der Waals surface area contributed by atoms with Crippen molar-refractivity contribution in [2.75, 3.05) is 6.61 Å². The summed E-state index contributed by atoms with van der Waals surface area (Å²) < 4.78 is 5.29. The number of hydrogen-bond acceptors (Lipinski definition) is 4. The highest BCUT2D eigenvalue weighted by Gasteiger charge is 2.09. The molecule has 1 aromatic rings. The van der Waals surface area contributed by atoms with Crippen LogP contribution in [0.5, 0.6) is 5.75 Å². The lowest BCUT2D eigenvalue weighted by atomic mass is 10.0. The molecular weight excluding hydrogens is 220 g/mol. The third-order valence-corrected chi connectivity index (χ3v) is 2.38. The quantitative estimate of drug-likeness (QED) is 0.390. The van der Waals surface area contributed by atoms with Crippen molar-refractivity contribution in [1.29, 1.82) is 0 Å². The van der Waals surface area contributed by atoms with E-state index < -0.39 is 6.10 Å². The second-order valence-electron chi connectivity index (χ2n) is 3.62. The van der Waals surface area contributed by atoms with Crippen LogP contribution in [0.1, 0.15) is 31.4 Å². The van der Waals surface area contributed by atoms with Crippen molar-refractivity contribution in [3.8, 4) is 5.75 Å². The lowest BCUT2D eigenvalue weighted by Gasteiger charge is -2.11. The molecule has 0 fully saturated rings. The van der Waals surface area contributed by atoms with E-state index in [0.29, 0.717) is 13.0 Å². The number of hydrogen-bond donors (Lipinski definition) is 3. The maximum Gasteiger partial charge on any atom is 0.233 e. The first-order chi connectivity index (χ1) is 8.17. The summed E-state index contributed by atoms with van der Waals surface area (Å²) in [5, 5.41) is 9.82. The second kappa shape index (κ2) is 6.88. The largest absolute Gasteiger partial charge is 0.494 e. The van der Waals surface area contributed by atoms with Gasteiger partial charge in [0.1, 0.15) is 5.75 Å². The van der Waals surface area contributed by atoms with Gasteiger partial charge in [0.25, 0.3) is 0 Å². The number of carbonyl (C=O) groups is 1. The highest BCUT2D eigenvalue weighted by Crippen LogP contribution is 2.21. The van der Waals surface area contributed by atoms with Crippen LogP contribution in [-0.2, 0) is 4.79 Å². The van der Waals surface area contributed by atoms with Gasteiger partial charge >= 0.3 is 0 Å². The predicted octanol–water partition coefficient (Wildman–Crippen LogP) is 0.889. The Morgan fingerprint density at radius 3 is 2.65 bits per heavy atom. The minimum Gasteiger partial charge on any atom is -0.494 e. The van der Waals surface area contributed by atoms with Gasteiger partial charge in [-0.3, -0.25) is 10.2 Å². The van der Waals surface area contributed by atoms with E-state index in [9.17, 15) is 9.90 Å². The molecular formula is C12H18N2O3. The van der Waals surface area contributed by atoms with Crippen LogP contribution >= 0.6 is 0 Å². The molecule has 0 aliphatic heterocycles. The smallest absolute Gasteiger partial charge is 0.233 e. The van der Waals surface area contributed by atoms with Crippen molar-refractivity contribution in [3.05, 3.63) is 29.8 Å². The molecule has 0 unspecified atom stereocenters. The predicted molar refractivity (Wildman–Crippen MR) is 64.1 cm³/mol. The number of benzene rings is 1. The molecule has 0 aliphatic rings. The first-order valence-electron chi connectivity index (χ1n) is 5.57. The first kappa shape index (κ1) is 13.5. The highest BCUT2D eigenvalue weighted by atomic mass is 16.5. The fourth-order valence-electron chi connectivity index (χ4n) is 1.46. The molecule has 5 nitrogen and oxygen atoms in total. The average Bonchev–Trinajstić information content (AvgIpc) is 2.36. The van der Waals surface area contributed by atoms with Gasteiger partial charge in [-0.05, 0) is 31.0 Å². The van der Waals surface area contributed by atoms with Gasteiger partial charge in [-0.1, -0.05) is 12.1 Å². The van der Waals surface area contributed by atoms with E-state index in [1.54, 1.807) is 24.3 Å². The summed E-state index contributed by atoms with van der Waals surface area (Å²) in [6.45, 7) is 2.52. The van der Waals surface area contributed by atoms with Gasteiger partial charge in [0.05, 0.1) is 12.7 Å². The van der Waals surface area contributed by atoms with Gasteiger partial charge in [-0.2, -0.15) is 0 Å². The maximum atomic E-state index is 10.9. The molecule has 17 heavy (non-hydrogen) atoms. The summed E-state index contributed by atoms with van der Waals surface area (Å²) in [6, 6.07) is 7.17. The molecule has 0 saturated heterocycles. The molecule has 0 aliphatic carbocycles. The Balaban J connectivity index is 2.51. The van der Waals surface area contributed by atoms with E-state index in [2.05, 4.69) is 0 Å². The van der Waals surface area contributed by atoms with Gasteiger partial charge in [0.2, 0.25) is 5.91 Å². The van der Waals surface area contributed by atoms with Crippen molar-refractivity contribution in [2.45, 2.75) is 25.9 Å². The van der Waals surface area contributed by atoms with Crippen LogP contribution < -0.4 is 16.0 Å². The van der Waals surface area contributed by atoms with E-state index in [-0.39, 0.29) is 12.3 Å². The maximum absolute atomic E-state index is 10.9. The molecule has 94 valence electrons. The topological polar surface area (TPSA) is 84.6 Å². The Morgan fingerprint density at radius 2 is 2.12 bits per heavy atom. The summed E-state index contributed by atoms with van der Waals surface area (Å²) in [7, 11) is 0. The summed E-state index contributed by atoms with van der Waals surface area (Å²) in [6.07, 6.45) is -0.120. The fraction of sp³-hybridized carbons (Fsp3) is 0.417. The minimum absolute atomic E-state index is 0.199. The molecule has 0 radical (unpaired) electrons. The van der Waals surface area contributed by atoms with Gasteiger partial charge in [0.15, 0.2) is 0 Å². The van der Waals surface area contributed by atoms with E-state index >= 15 is 0 Å². The summed E-state index contributed by atoms with van der Waals surface area (Å²) in [4.78, 5) is 10.9. The monoisotopic (exact) mass is 238 g/mol. The number of ether oxygens (including phenoxy) is 1. The number of nitrogens with two attached hydrogens (primary N) is 1. The van der Waals surface area contributed by atoms with E-state index in [0.717, 1.165) is 11.3 Å².